The SMILES string of the molecule is CCC1CN(C(=NC)NCC2CCCOC2C(C)(C)C)CCS1.I. The number of nitrogens with one attached hydrogen (secondary N) is 1. The Kier molecular flexibility index (Phi) is 9.74. The summed E-state index contributed by atoms with van der Waals surface area (Å²) in [6, 6.07) is 0. The van der Waals surface area contributed by atoms with Gasteiger partial charge in [0.25, 0.3) is 0 Å². The van der Waals surface area contributed by atoms with Gasteiger partial charge in [0.05, 0.1) is 6.10 Å². The smallest absolute Gasteiger partial charge is 0.193 e. The first kappa shape index (κ1) is 22.4. The zero-order valence-corrected chi connectivity index (χ0v) is 19.2. The third-order valence-electron chi connectivity index (χ3n) is 4.93. The predicted octanol–water partition coefficient (Wildman–Crippen LogP) is 3.85. The molecular weight excluding hydrogens is 433 g/mol. The van der Waals surface area contributed by atoms with Crippen molar-refractivity contribution in [3.63, 3.8) is 0 Å². The van der Waals surface area contributed by atoms with Crippen molar-refractivity contribution in [2.75, 3.05) is 39.0 Å². The zero-order chi connectivity index (χ0) is 16.9. The maximum atomic E-state index is 6.10. The van der Waals surface area contributed by atoms with Crippen LogP contribution in [0.2, 0.25) is 0 Å². The summed E-state index contributed by atoms with van der Waals surface area (Å²) in [5.74, 6) is 2.85. The average Bonchev–Trinajstić information content (AvgIpc) is 2.55. The van der Waals surface area contributed by atoms with Crippen molar-refractivity contribution < 1.29 is 4.74 Å². The maximum Gasteiger partial charge on any atom is 0.193 e. The second-order valence-electron chi connectivity index (χ2n) is 7.83. The molecule has 6 heteroatoms. The molecule has 0 spiro atoms. The normalized spacial score (nSPS) is 29.1. The van der Waals surface area contributed by atoms with E-state index in [0.717, 1.165) is 37.5 Å². The van der Waals surface area contributed by atoms with Crippen LogP contribution in [0.15, 0.2) is 4.99 Å². The molecule has 1 N–H and O–H groups in total. The maximum absolute atomic E-state index is 6.10. The molecule has 0 bridgehead atoms. The number of aliphatic imine (C=N–C) groups is 1. The third-order valence-corrected chi connectivity index (χ3v) is 6.30. The summed E-state index contributed by atoms with van der Waals surface area (Å²) < 4.78 is 6.10. The van der Waals surface area contributed by atoms with Gasteiger partial charge in [-0.1, -0.05) is 27.7 Å². The Bertz CT molecular complexity index is 400. The van der Waals surface area contributed by atoms with Gasteiger partial charge in [0.15, 0.2) is 5.96 Å². The van der Waals surface area contributed by atoms with E-state index in [0.29, 0.717) is 12.0 Å². The lowest BCUT2D eigenvalue weighted by molar-refractivity contribution is -0.0836. The largest absolute Gasteiger partial charge is 0.377 e. The molecule has 2 heterocycles. The molecule has 0 aromatic rings. The van der Waals surface area contributed by atoms with Gasteiger partial charge in [0.1, 0.15) is 0 Å². The van der Waals surface area contributed by atoms with Gasteiger partial charge in [0, 0.05) is 50.2 Å². The summed E-state index contributed by atoms with van der Waals surface area (Å²) in [6.07, 6.45) is 4.00. The predicted molar refractivity (Wildman–Crippen MR) is 117 cm³/mol. The number of halogens is 1. The van der Waals surface area contributed by atoms with E-state index in [1.807, 2.05) is 7.05 Å². The molecular formula is C18H36IN3OS. The van der Waals surface area contributed by atoms with Gasteiger partial charge in [-0.05, 0) is 24.7 Å². The van der Waals surface area contributed by atoms with Crippen molar-refractivity contribution in [2.24, 2.45) is 16.3 Å². The minimum Gasteiger partial charge on any atom is -0.377 e. The molecule has 3 atom stereocenters. The molecule has 2 rings (SSSR count). The Hall–Kier alpha value is 0.310. The fourth-order valence-electron chi connectivity index (χ4n) is 3.72. The van der Waals surface area contributed by atoms with E-state index in [4.69, 9.17) is 4.74 Å². The third kappa shape index (κ3) is 6.24. The molecule has 0 aromatic heterocycles. The highest BCUT2D eigenvalue weighted by atomic mass is 127. The molecule has 3 unspecified atom stereocenters. The van der Waals surface area contributed by atoms with Crippen molar-refractivity contribution in [1.82, 2.24) is 10.2 Å². The Morgan fingerprint density at radius 3 is 2.75 bits per heavy atom. The van der Waals surface area contributed by atoms with E-state index >= 15 is 0 Å². The summed E-state index contributed by atoms with van der Waals surface area (Å²) in [5, 5.41) is 4.38. The number of hydrogen-bond acceptors (Lipinski definition) is 3. The van der Waals surface area contributed by atoms with Crippen LogP contribution in [0, 0.1) is 11.3 Å². The van der Waals surface area contributed by atoms with Crippen LogP contribution in [0.3, 0.4) is 0 Å². The number of rotatable bonds is 3. The summed E-state index contributed by atoms with van der Waals surface area (Å²) in [4.78, 5) is 6.96. The van der Waals surface area contributed by atoms with Gasteiger partial charge >= 0.3 is 0 Å². The van der Waals surface area contributed by atoms with Crippen molar-refractivity contribution in [2.45, 2.75) is 58.3 Å². The molecule has 142 valence electrons. The quantitative estimate of drug-likeness (QED) is 0.387. The summed E-state index contributed by atoms with van der Waals surface area (Å²) in [5.41, 5.74) is 0.200. The van der Waals surface area contributed by atoms with E-state index in [1.54, 1.807) is 0 Å². The Morgan fingerprint density at radius 2 is 2.12 bits per heavy atom. The van der Waals surface area contributed by atoms with Crippen LogP contribution in [-0.2, 0) is 4.74 Å². The molecule has 2 aliphatic rings. The van der Waals surface area contributed by atoms with Gasteiger partial charge in [-0.25, -0.2) is 0 Å². The monoisotopic (exact) mass is 469 g/mol. The van der Waals surface area contributed by atoms with Crippen LogP contribution < -0.4 is 5.32 Å². The molecule has 0 aliphatic carbocycles. The van der Waals surface area contributed by atoms with Crippen molar-refractivity contribution in [3.8, 4) is 0 Å². The van der Waals surface area contributed by atoms with E-state index in [1.165, 1.54) is 25.0 Å². The van der Waals surface area contributed by atoms with Gasteiger partial charge in [-0.2, -0.15) is 11.8 Å². The highest BCUT2D eigenvalue weighted by Crippen LogP contribution is 2.33. The van der Waals surface area contributed by atoms with Crippen molar-refractivity contribution in [3.05, 3.63) is 0 Å². The molecule has 2 saturated heterocycles. The van der Waals surface area contributed by atoms with Crippen molar-refractivity contribution >= 4 is 41.7 Å². The van der Waals surface area contributed by atoms with Crippen LogP contribution in [-0.4, -0.2) is 61.3 Å². The highest BCUT2D eigenvalue weighted by Gasteiger charge is 2.35. The molecule has 4 nitrogen and oxygen atoms in total. The van der Waals surface area contributed by atoms with E-state index in [2.05, 4.69) is 54.7 Å². The molecule has 0 radical (unpaired) electrons. The van der Waals surface area contributed by atoms with Crippen LogP contribution in [0.5, 0.6) is 0 Å². The van der Waals surface area contributed by atoms with E-state index in [9.17, 15) is 0 Å². The number of nitrogens with zero attached hydrogens (tertiary/aromatic N) is 2. The average molecular weight is 469 g/mol. The van der Waals surface area contributed by atoms with Gasteiger partial charge < -0.3 is 15.0 Å². The van der Waals surface area contributed by atoms with Gasteiger partial charge in [0.2, 0.25) is 0 Å². The number of ether oxygens (including phenoxy) is 1. The first-order valence-electron chi connectivity index (χ1n) is 9.14. The number of guanidine groups is 1. The number of thioether (sulfide) groups is 1. The van der Waals surface area contributed by atoms with Crippen molar-refractivity contribution in [1.29, 1.82) is 0 Å². The minimum atomic E-state index is 0. The van der Waals surface area contributed by atoms with Gasteiger partial charge in [-0.15, -0.1) is 24.0 Å². The second kappa shape index (κ2) is 10.5. The lowest BCUT2D eigenvalue weighted by Crippen LogP contribution is -2.51. The molecule has 0 amide bonds. The first-order chi connectivity index (χ1) is 11.0. The molecule has 0 aromatic carbocycles. The molecule has 2 aliphatic heterocycles. The topological polar surface area (TPSA) is 36.9 Å². The molecule has 24 heavy (non-hydrogen) atoms. The fraction of sp³-hybridized carbons (Fsp3) is 0.944. The van der Waals surface area contributed by atoms with Crippen LogP contribution in [0.1, 0.15) is 47.0 Å². The lowest BCUT2D eigenvalue weighted by atomic mass is 9.78. The van der Waals surface area contributed by atoms with Gasteiger partial charge in [-0.3, -0.25) is 4.99 Å². The Morgan fingerprint density at radius 1 is 1.38 bits per heavy atom. The summed E-state index contributed by atoms with van der Waals surface area (Å²) in [6.45, 7) is 13.2. The van der Waals surface area contributed by atoms with E-state index in [-0.39, 0.29) is 29.4 Å². The lowest BCUT2D eigenvalue weighted by Gasteiger charge is -2.41. The highest BCUT2D eigenvalue weighted by molar-refractivity contribution is 14.0. The zero-order valence-electron chi connectivity index (χ0n) is 16.0. The number of hydrogen-bond donors (Lipinski definition) is 1. The molecule has 2 fully saturated rings. The molecule has 0 saturated carbocycles. The Labute approximate surface area is 170 Å². The summed E-state index contributed by atoms with van der Waals surface area (Å²) >= 11 is 2.10. The Balaban J connectivity index is 0.00000288. The van der Waals surface area contributed by atoms with E-state index < -0.39 is 0 Å². The van der Waals surface area contributed by atoms with Crippen LogP contribution >= 0.6 is 35.7 Å². The minimum absolute atomic E-state index is 0. The van der Waals surface area contributed by atoms with Crippen LogP contribution in [0.4, 0.5) is 0 Å². The summed E-state index contributed by atoms with van der Waals surface area (Å²) in [7, 11) is 1.91. The second-order valence-corrected chi connectivity index (χ2v) is 9.24. The first-order valence-corrected chi connectivity index (χ1v) is 10.2. The standard InChI is InChI=1S/C18H35N3OS.HI/c1-6-15-13-21(9-11-23-15)17(19-5)20-12-14-8-7-10-22-16(14)18(2,3)4;/h14-16H,6-13H2,1-5H3,(H,19,20);1H. The van der Waals surface area contributed by atoms with Crippen LogP contribution in [0.25, 0.3) is 0 Å². The fourth-order valence-corrected chi connectivity index (χ4v) is 4.90.